The first-order chi connectivity index (χ1) is 6.14. The maximum atomic E-state index is 8.71. The second-order valence-corrected chi connectivity index (χ2v) is 3.83. The van der Waals surface area contributed by atoms with E-state index in [1.807, 2.05) is 0 Å². The van der Waals surface area contributed by atoms with Crippen LogP contribution in [0.2, 0.25) is 0 Å². The summed E-state index contributed by atoms with van der Waals surface area (Å²) in [5.41, 5.74) is 0. The van der Waals surface area contributed by atoms with Crippen LogP contribution in [-0.2, 0) is 0 Å². The lowest BCUT2D eigenvalue weighted by Crippen LogP contribution is -3.00. The molecule has 0 fully saturated rings. The van der Waals surface area contributed by atoms with Gasteiger partial charge < -0.3 is 28.9 Å². The smallest absolute Gasteiger partial charge is 0.172 e. The van der Waals surface area contributed by atoms with Crippen LogP contribution in [0.1, 0.15) is 20.3 Å². The van der Waals surface area contributed by atoms with Gasteiger partial charge in [-0.1, -0.05) is 6.92 Å². The van der Waals surface area contributed by atoms with Gasteiger partial charge in [0.05, 0.1) is 13.2 Å². The molecule has 4 heteroatoms. The molecule has 0 bridgehead atoms. The van der Waals surface area contributed by atoms with Crippen molar-refractivity contribution in [3.05, 3.63) is 12.4 Å². The molecule has 0 amide bonds. The largest absolute Gasteiger partial charge is 1.00 e. The lowest BCUT2D eigenvalue weighted by molar-refractivity contribution is -0.879. The molecule has 1 aliphatic heterocycles. The van der Waals surface area contributed by atoms with E-state index in [0.29, 0.717) is 12.7 Å². The molecule has 0 radical (unpaired) electrons. The number of nitriles is 1. The van der Waals surface area contributed by atoms with Crippen LogP contribution >= 0.6 is 0 Å². The highest BCUT2D eigenvalue weighted by atomic mass is 127. The maximum Gasteiger partial charge on any atom is 0.172 e. The van der Waals surface area contributed by atoms with E-state index in [9.17, 15) is 0 Å². The second kappa shape index (κ2) is 5.56. The summed E-state index contributed by atoms with van der Waals surface area (Å²) >= 11 is 0. The molecule has 2 atom stereocenters. The first-order valence-corrected chi connectivity index (χ1v) is 4.81. The Labute approximate surface area is 104 Å². The molecule has 0 aliphatic carbocycles. The van der Waals surface area contributed by atoms with E-state index in [1.54, 1.807) is 0 Å². The maximum absolute atomic E-state index is 8.71. The van der Waals surface area contributed by atoms with Crippen LogP contribution in [0.25, 0.3) is 0 Å². The first-order valence-electron chi connectivity index (χ1n) is 4.81. The summed E-state index contributed by atoms with van der Waals surface area (Å²) in [6.45, 7) is 5.98. The Morgan fingerprint density at radius 3 is 2.71 bits per heavy atom. The monoisotopic (exact) mass is 307 g/mol. The van der Waals surface area contributed by atoms with E-state index >= 15 is 0 Å². The van der Waals surface area contributed by atoms with Crippen LogP contribution in [0, 0.1) is 11.3 Å². The molecule has 0 saturated heterocycles. The van der Waals surface area contributed by atoms with Gasteiger partial charge in [0.2, 0.25) is 0 Å². The Kier molecular flexibility index (Phi) is 5.45. The van der Waals surface area contributed by atoms with Crippen molar-refractivity contribution in [2.24, 2.45) is 0 Å². The summed E-state index contributed by atoms with van der Waals surface area (Å²) in [6.07, 6.45) is 5.79. The average Bonchev–Trinajstić information content (AvgIpc) is 2.35. The number of nitrogens with zero attached hydrogens (tertiary/aromatic N) is 3. The molecule has 0 saturated carbocycles. The van der Waals surface area contributed by atoms with Gasteiger partial charge in [-0.3, -0.25) is 4.48 Å². The lowest BCUT2D eigenvalue weighted by Gasteiger charge is -2.33. The van der Waals surface area contributed by atoms with Gasteiger partial charge in [-0.2, -0.15) is 5.26 Å². The molecule has 1 aliphatic rings. The first kappa shape index (κ1) is 13.7. The van der Waals surface area contributed by atoms with E-state index in [0.717, 1.165) is 17.4 Å². The summed E-state index contributed by atoms with van der Waals surface area (Å²) in [7, 11) is 2.10. The quantitative estimate of drug-likeness (QED) is 0.361. The van der Waals surface area contributed by atoms with Crippen LogP contribution in [-0.4, -0.2) is 35.7 Å². The van der Waals surface area contributed by atoms with Gasteiger partial charge in [-0.05, 0) is 6.42 Å². The predicted octanol–water partition coefficient (Wildman–Crippen LogP) is -1.50. The van der Waals surface area contributed by atoms with Gasteiger partial charge in [0.15, 0.2) is 12.7 Å². The van der Waals surface area contributed by atoms with Crippen molar-refractivity contribution in [2.75, 3.05) is 20.1 Å². The fraction of sp³-hybridized carbons (Fsp3) is 0.700. The minimum Gasteiger partial charge on any atom is -1.00 e. The topological polar surface area (TPSA) is 27.0 Å². The van der Waals surface area contributed by atoms with Crippen LogP contribution in [0.4, 0.5) is 0 Å². The predicted molar refractivity (Wildman–Crippen MR) is 52.3 cm³/mol. The number of hydrogen-bond donors (Lipinski definition) is 0. The van der Waals surface area contributed by atoms with Crippen molar-refractivity contribution >= 4 is 0 Å². The van der Waals surface area contributed by atoms with E-state index < -0.39 is 0 Å². The number of hydrogen-bond acceptors (Lipinski definition) is 2. The number of quaternary nitrogens is 1. The van der Waals surface area contributed by atoms with Crippen molar-refractivity contribution in [1.82, 2.24) is 4.90 Å². The van der Waals surface area contributed by atoms with Crippen molar-refractivity contribution < 1.29 is 28.5 Å². The molecule has 0 aromatic heterocycles. The molecule has 80 valence electrons. The van der Waals surface area contributed by atoms with Crippen LogP contribution in [0.5, 0.6) is 0 Å². The minimum atomic E-state index is 0. The summed E-state index contributed by atoms with van der Waals surface area (Å²) in [5, 5.41) is 8.71. The molecular weight excluding hydrogens is 289 g/mol. The molecule has 1 rings (SSSR count). The van der Waals surface area contributed by atoms with Gasteiger partial charge in [0, 0.05) is 13.5 Å². The third kappa shape index (κ3) is 2.61. The normalized spacial score (nSPS) is 29.9. The summed E-state index contributed by atoms with van der Waals surface area (Å²) < 4.78 is 0.719. The van der Waals surface area contributed by atoms with Crippen molar-refractivity contribution in [1.29, 1.82) is 5.26 Å². The van der Waals surface area contributed by atoms with Crippen LogP contribution < -0.4 is 24.0 Å². The Morgan fingerprint density at radius 2 is 2.21 bits per heavy atom. The molecule has 14 heavy (non-hydrogen) atoms. The highest BCUT2D eigenvalue weighted by molar-refractivity contribution is 4.88. The van der Waals surface area contributed by atoms with Gasteiger partial charge in [-0.15, -0.1) is 0 Å². The molecule has 2 unspecified atom stereocenters. The zero-order valence-corrected chi connectivity index (χ0v) is 11.2. The minimum absolute atomic E-state index is 0. The van der Waals surface area contributed by atoms with Crippen molar-refractivity contribution in [3.8, 4) is 6.07 Å². The highest BCUT2D eigenvalue weighted by Gasteiger charge is 2.35. The summed E-state index contributed by atoms with van der Waals surface area (Å²) in [5.74, 6) is 0. The Morgan fingerprint density at radius 1 is 1.57 bits per heavy atom. The zero-order chi connectivity index (χ0) is 9.90. The van der Waals surface area contributed by atoms with E-state index in [4.69, 9.17) is 5.26 Å². The molecule has 1 heterocycles. The second-order valence-electron chi connectivity index (χ2n) is 3.83. The molecule has 0 spiro atoms. The Balaban J connectivity index is 0.00000169. The molecule has 0 N–H and O–H groups in total. The van der Waals surface area contributed by atoms with Gasteiger partial charge in [0.1, 0.15) is 12.3 Å². The molecule has 0 aromatic rings. The molecule has 3 nitrogen and oxygen atoms in total. The van der Waals surface area contributed by atoms with Crippen LogP contribution in [0.3, 0.4) is 0 Å². The Bertz CT molecular complexity index is 246. The van der Waals surface area contributed by atoms with Crippen molar-refractivity contribution in [2.45, 2.75) is 26.4 Å². The third-order valence-electron chi connectivity index (χ3n) is 2.83. The lowest BCUT2D eigenvalue weighted by atomic mass is 10.3. The average molecular weight is 307 g/mol. The fourth-order valence-electron chi connectivity index (χ4n) is 1.68. The van der Waals surface area contributed by atoms with E-state index in [2.05, 4.69) is 44.3 Å². The van der Waals surface area contributed by atoms with Gasteiger partial charge >= 0.3 is 0 Å². The fourth-order valence-corrected chi connectivity index (χ4v) is 1.68. The standard InChI is InChI=1S/C10H18N3.HI/c1-4-6-12-7-9-13(3,8-5-11)10(12)2;/h7,9-10H,4,6,8H2,1-3H3;1H/q+1;/p-1. The number of rotatable bonds is 3. The van der Waals surface area contributed by atoms with Gasteiger partial charge in [0.25, 0.3) is 0 Å². The highest BCUT2D eigenvalue weighted by Crippen LogP contribution is 2.22. The number of halogens is 1. The third-order valence-corrected chi connectivity index (χ3v) is 2.83. The Hall–Kier alpha value is -0.280. The molecule has 0 aromatic carbocycles. The zero-order valence-electron chi connectivity index (χ0n) is 9.07. The van der Waals surface area contributed by atoms with Gasteiger partial charge in [-0.25, -0.2) is 0 Å². The van der Waals surface area contributed by atoms with E-state index in [1.165, 1.54) is 0 Å². The SMILES string of the molecule is CCCN1C=C[N+](C)(CC#N)C1C.[I-]. The molecular formula is C10H18IN3. The summed E-state index contributed by atoms with van der Waals surface area (Å²) in [4.78, 5) is 2.30. The summed E-state index contributed by atoms with van der Waals surface area (Å²) in [6, 6.07) is 2.24. The van der Waals surface area contributed by atoms with Crippen LogP contribution in [0.15, 0.2) is 12.4 Å². The van der Waals surface area contributed by atoms with E-state index in [-0.39, 0.29) is 24.0 Å². The van der Waals surface area contributed by atoms with Crippen molar-refractivity contribution in [3.63, 3.8) is 0 Å².